The van der Waals surface area contributed by atoms with Crippen LogP contribution >= 0.6 is 15.9 Å². The summed E-state index contributed by atoms with van der Waals surface area (Å²) in [5.41, 5.74) is 0.994. The first-order valence-corrected chi connectivity index (χ1v) is 6.73. The van der Waals surface area contributed by atoms with E-state index in [2.05, 4.69) is 20.9 Å². The van der Waals surface area contributed by atoms with Gasteiger partial charge in [0.15, 0.2) is 0 Å². The Morgan fingerprint density at radius 2 is 2.10 bits per heavy atom. The van der Waals surface area contributed by atoms with Gasteiger partial charge in [0.05, 0.1) is 6.54 Å². The molecule has 21 heavy (non-hydrogen) atoms. The summed E-state index contributed by atoms with van der Waals surface area (Å²) in [4.78, 5) is 25.7. The predicted octanol–water partition coefficient (Wildman–Crippen LogP) is 2.24. The van der Waals surface area contributed by atoms with Gasteiger partial charge in [0, 0.05) is 29.0 Å². The fourth-order valence-corrected chi connectivity index (χ4v) is 2.00. The van der Waals surface area contributed by atoms with E-state index in [1.807, 2.05) is 24.3 Å². The van der Waals surface area contributed by atoms with Gasteiger partial charge in [0.2, 0.25) is 0 Å². The number of carboxylic acid groups (broad SMARTS) is 1. The molecule has 2 rings (SSSR count). The highest BCUT2D eigenvalue weighted by atomic mass is 79.9. The van der Waals surface area contributed by atoms with Gasteiger partial charge in [-0.3, -0.25) is 4.57 Å². The number of hydrogen-bond acceptors (Lipinski definition) is 4. The second kappa shape index (κ2) is 6.85. The van der Waals surface area contributed by atoms with Gasteiger partial charge < -0.3 is 9.84 Å². The second-order valence-corrected chi connectivity index (χ2v) is 4.88. The van der Waals surface area contributed by atoms with Crippen molar-refractivity contribution >= 4 is 27.9 Å². The zero-order valence-electron chi connectivity index (χ0n) is 10.8. The summed E-state index contributed by atoms with van der Waals surface area (Å²) < 4.78 is 7.57. The van der Waals surface area contributed by atoms with E-state index in [9.17, 15) is 9.59 Å². The fourth-order valence-electron chi connectivity index (χ4n) is 1.59. The van der Waals surface area contributed by atoms with E-state index in [0.717, 1.165) is 16.1 Å². The number of carboxylic acids is 1. The van der Waals surface area contributed by atoms with Crippen molar-refractivity contribution in [1.29, 1.82) is 0 Å². The van der Waals surface area contributed by atoms with Crippen LogP contribution in [0, 0.1) is 0 Å². The first kappa shape index (κ1) is 15.0. The Bertz CT molecular complexity index is 694. The molecule has 1 aromatic heterocycles. The maximum atomic E-state index is 11.5. The lowest BCUT2D eigenvalue weighted by Gasteiger charge is -2.08. The summed E-state index contributed by atoms with van der Waals surface area (Å²) >= 11 is 3.44. The molecule has 0 atom stereocenters. The molecular formula is C14H11BrN2O4. The molecule has 0 aliphatic heterocycles. The molecule has 1 heterocycles. The zero-order chi connectivity index (χ0) is 15.2. The van der Waals surface area contributed by atoms with Crippen LogP contribution in [0.5, 0.6) is 6.01 Å². The van der Waals surface area contributed by atoms with Gasteiger partial charge in [-0.25, -0.2) is 14.6 Å². The van der Waals surface area contributed by atoms with Crippen molar-refractivity contribution in [1.82, 2.24) is 9.55 Å². The standard InChI is InChI=1S/C14H11BrN2O4/c15-11-4-2-1-3-10(11)9-17-8-7-16-14(17)21-13(20)6-5-12(18)19/h1-8H,9H2,(H,18,19)/b6-5+. The van der Waals surface area contributed by atoms with Crippen LogP contribution in [0.15, 0.2) is 53.3 Å². The summed E-state index contributed by atoms with van der Waals surface area (Å²) in [6.45, 7) is 0.465. The number of halogens is 1. The van der Waals surface area contributed by atoms with Gasteiger partial charge >= 0.3 is 17.9 Å². The van der Waals surface area contributed by atoms with E-state index in [1.165, 1.54) is 6.20 Å². The monoisotopic (exact) mass is 350 g/mol. The highest BCUT2D eigenvalue weighted by Gasteiger charge is 2.10. The normalized spacial score (nSPS) is 10.7. The molecule has 6 nitrogen and oxygen atoms in total. The number of aromatic nitrogens is 2. The topological polar surface area (TPSA) is 81.4 Å². The van der Waals surface area contributed by atoms with E-state index in [1.54, 1.807) is 10.8 Å². The Kier molecular flexibility index (Phi) is 4.89. The van der Waals surface area contributed by atoms with Crippen molar-refractivity contribution in [2.24, 2.45) is 0 Å². The number of aliphatic carboxylic acids is 1. The molecule has 0 unspecified atom stereocenters. The summed E-state index contributed by atoms with van der Waals surface area (Å²) in [7, 11) is 0. The molecule has 0 radical (unpaired) electrons. The van der Waals surface area contributed by atoms with Crippen molar-refractivity contribution in [3.63, 3.8) is 0 Å². The van der Waals surface area contributed by atoms with E-state index < -0.39 is 11.9 Å². The highest BCUT2D eigenvalue weighted by molar-refractivity contribution is 9.10. The number of imidazole rings is 1. The Morgan fingerprint density at radius 3 is 2.81 bits per heavy atom. The average Bonchev–Trinajstić information content (AvgIpc) is 2.86. The number of rotatable bonds is 5. The Morgan fingerprint density at radius 1 is 1.33 bits per heavy atom. The molecule has 1 N–H and O–H groups in total. The fraction of sp³-hybridized carbons (Fsp3) is 0.0714. The lowest BCUT2D eigenvalue weighted by Crippen LogP contribution is -2.10. The average molecular weight is 351 g/mol. The van der Waals surface area contributed by atoms with Crippen LogP contribution in [-0.2, 0) is 16.1 Å². The number of nitrogens with zero attached hydrogens (tertiary/aromatic N) is 2. The predicted molar refractivity (Wildman–Crippen MR) is 77.9 cm³/mol. The largest absolute Gasteiger partial charge is 0.478 e. The molecule has 2 aromatic rings. The van der Waals surface area contributed by atoms with E-state index in [-0.39, 0.29) is 6.01 Å². The molecule has 108 valence electrons. The molecule has 0 spiro atoms. The number of carbonyl (C=O) groups is 2. The van der Waals surface area contributed by atoms with Crippen molar-refractivity contribution in [3.8, 4) is 6.01 Å². The molecule has 0 aliphatic carbocycles. The third-order valence-corrected chi connectivity index (χ3v) is 3.30. The maximum absolute atomic E-state index is 11.5. The van der Waals surface area contributed by atoms with Crippen molar-refractivity contribution in [2.75, 3.05) is 0 Å². The van der Waals surface area contributed by atoms with Crippen molar-refractivity contribution in [2.45, 2.75) is 6.54 Å². The third-order valence-electron chi connectivity index (χ3n) is 2.53. The summed E-state index contributed by atoms with van der Waals surface area (Å²) in [5, 5.41) is 8.45. The molecule has 7 heteroatoms. The van der Waals surface area contributed by atoms with Crippen LogP contribution in [-0.4, -0.2) is 26.6 Å². The Hall–Kier alpha value is -2.41. The minimum absolute atomic E-state index is 0.103. The van der Waals surface area contributed by atoms with Crippen LogP contribution in [0.1, 0.15) is 5.56 Å². The quantitative estimate of drug-likeness (QED) is 0.660. The number of ether oxygens (including phenoxy) is 1. The van der Waals surface area contributed by atoms with Gasteiger partial charge in [0.25, 0.3) is 0 Å². The van der Waals surface area contributed by atoms with E-state index in [0.29, 0.717) is 12.6 Å². The molecule has 1 aromatic carbocycles. The number of benzene rings is 1. The van der Waals surface area contributed by atoms with Gasteiger partial charge in [-0.05, 0) is 11.6 Å². The molecule has 0 aliphatic rings. The second-order valence-electron chi connectivity index (χ2n) is 4.02. The minimum Gasteiger partial charge on any atom is -0.478 e. The van der Waals surface area contributed by atoms with Gasteiger partial charge in [0.1, 0.15) is 0 Å². The molecule has 0 saturated heterocycles. The minimum atomic E-state index is -1.22. The Balaban J connectivity index is 2.10. The maximum Gasteiger partial charge on any atom is 0.338 e. The Labute approximate surface area is 128 Å². The highest BCUT2D eigenvalue weighted by Crippen LogP contribution is 2.19. The molecule has 0 fully saturated rings. The lowest BCUT2D eigenvalue weighted by atomic mass is 10.2. The third kappa shape index (κ3) is 4.28. The molecular weight excluding hydrogens is 340 g/mol. The SMILES string of the molecule is O=C(O)/C=C/C(=O)Oc1nccn1Cc1ccccc1Br. The first-order valence-electron chi connectivity index (χ1n) is 5.93. The smallest absolute Gasteiger partial charge is 0.338 e. The summed E-state index contributed by atoms with van der Waals surface area (Å²) in [5.74, 6) is -2.01. The van der Waals surface area contributed by atoms with Crippen LogP contribution < -0.4 is 4.74 Å². The van der Waals surface area contributed by atoms with Crippen LogP contribution in [0.2, 0.25) is 0 Å². The summed E-state index contributed by atoms with van der Waals surface area (Å²) in [6.07, 6.45) is 4.71. The van der Waals surface area contributed by atoms with Gasteiger partial charge in [-0.2, -0.15) is 0 Å². The van der Waals surface area contributed by atoms with Crippen LogP contribution in [0.3, 0.4) is 0 Å². The molecule has 0 bridgehead atoms. The molecule has 0 amide bonds. The van der Waals surface area contributed by atoms with Gasteiger partial charge in [-0.1, -0.05) is 34.1 Å². The first-order chi connectivity index (χ1) is 10.1. The molecule has 0 saturated carbocycles. The number of esters is 1. The lowest BCUT2D eigenvalue weighted by molar-refractivity contribution is -0.133. The van der Waals surface area contributed by atoms with Crippen LogP contribution in [0.4, 0.5) is 0 Å². The van der Waals surface area contributed by atoms with E-state index >= 15 is 0 Å². The zero-order valence-corrected chi connectivity index (χ0v) is 12.4. The van der Waals surface area contributed by atoms with Crippen molar-refractivity contribution < 1.29 is 19.4 Å². The number of hydrogen-bond donors (Lipinski definition) is 1. The van der Waals surface area contributed by atoms with Crippen molar-refractivity contribution in [3.05, 3.63) is 58.8 Å². The summed E-state index contributed by atoms with van der Waals surface area (Å²) in [6, 6.07) is 7.75. The van der Waals surface area contributed by atoms with Crippen LogP contribution in [0.25, 0.3) is 0 Å². The number of carbonyl (C=O) groups excluding carboxylic acids is 1. The van der Waals surface area contributed by atoms with E-state index in [4.69, 9.17) is 9.84 Å². The van der Waals surface area contributed by atoms with Gasteiger partial charge in [-0.15, -0.1) is 0 Å².